The van der Waals surface area contributed by atoms with Crippen LogP contribution < -0.4 is 0 Å². The Kier molecular flexibility index (Phi) is 2.20. The largest absolute Gasteiger partial charge is 0.459 e. The number of Topliss-reactive ketones (excluding diaryl/α,β-unsaturated/α-hetero) is 1. The number of hydrogen-bond acceptors (Lipinski definition) is 5. The van der Waals surface area contributed by atoms with Gasteiger partial charge < -0.3 is 9.47 Å². The van der Waals surface area contributed by atoms with E-state index in [1.807, 2.05) is 0 Å². The Morgan fingerprint density at radius 2 is 1.36 bits per heavy atom. The zero-order valence-electron chi connectivity index (χ0n) is 5.66. The minimum atomic E-state index is -1.23. The number of rotatable bonds is 0. The van der Waals surface area contributed by atoms with Crippen molar-refractivity contribution in [3.63, 3.8) is 0 Å². The van der Waals surface area contributed by atoms with E-state index in [4.69, 9.17) is 0 Å². The van der Waals surface area contributed by atoms with Crippen LogP contribution in [0.3, 0.4) is 0 Å². The van der Waals surface area contributed by atoms with Crippen LogP contribution in [-0.2, 0) is 23.9 Å². The van der Waals surface area contributed by atoms with Crippen molar-refractivity contribution in [3.05, 3.63) is 0 Å². The Morgan fingerprint density at radius 3 is 1.82 bits per heavy atom. The van der Waals surface area contributed by atoms with Crippen LogP contribution in [-0.4, -0.2) is 30.9 Å². The van der Waals surface area contributed by atoms with E-state index in [-0.39, 0.29) is 13.2 Å². The van der Waals surface area contributed by atoms with Crippen LogP contribution in [0.2, 0.25) is 0 Å². The normalized spacial score (nSPS) is 19.8. The molecular formula is C6H6O5. The maximum atomic E-state index is 10.5. The van der Waals surface area contributed by atoms with E-state index in [2.05, 4.69) is 9.47 Å². The van der Waals surface area contributed by atoms with Crippen LogP contribution in [0.5, 0.6) is 0 Å². The van der Waals surface area contributed by atoms with Crippen LogP contribution in [0.15, 0.2) is 0 Å². The second-order valence-corrected chi connectivity index (χ2v) is 1.95. The first kappa shape index (κ1) is 7.71. The number of hydrogen-bond donors (Lipinski definition) is 0. The molecule has 1 rings (SSSR count). The molecule has 11 heavy (non-hydrogen) atoms. The minimum absolute atomic E-state index is 0.123. The van der Waals surface area contributed by atoms with E-state index < -0.39 is 17.7 Å². The summed E-state index contributed by atoms with van der Waals surface area (Å²) in [5.74, 6) is -3.49. The SMILES string of the molecule is O=C1OCCCOC(=O)C1=O. The zero-order chi connectivity index (χ0) is 8.27. The Balaban J connectivity index is 2.64. The maximum absolute atomic E-state index is 10.5. The summed E-state index contributed by atoms with van der Waals surface area (Å²) in [7, 11) is 0. The molecule has 0 unspecified atom stereocenters. The Bertz CT molecular complexity index is 187. The Morgan fingerprint density at radius 1 is 0.909 bits per heavy atom. The molecule has 0 aromatic heterocycles. The van der Waals surface area contributed by atoms with Crippen molar-refractivity contribution in [1.29, 1.82) is 0 Å². The number of ether oxygens (including phenoxy) is 2. The molecule has 0 aromatic rings. The van der Waals surface area contributed by atoms with Crippen LogP contribution >= 0.6 is 0 Å². The summed E-state index contributed by atoms with van der Waals surface area (Å²) < 4.78 is 8.75. The molecule has 5 heteroatoms. The van der Waals surface area contributed by atoms with Crippen molar-refractivity contribution >= 4 is 17.7 Å². The molecule has 1 aliphatic heterocycles. The van der Waals surface area contributed by atoms with E-state index in [9.17, 15) is 14.4 Å². The van der Waals surface area contributed by atoms with Crippen molar-refractivity contribution in [3.8, 4) is 0 Å². The molecule has 1 saturated heterocycles. The minimum Gasteiger partial charge on any atom is -0.459 e. The van der Waals surface area contributed by atoms with E-state index in [1.54, 1.807) is 0 Å². The van der Waals surface area contributed by atoms with Gasteiger partial charge in [-0.15, -0.1) is 0 Å². The van der Waals surface area contributed by atoms with Crippen LogP contribution in [0.1, 0.15) is 6.42 Å². The molecule has 0 aliphatic carbocycles. The van der Waals surface area contributed by atoms with Gasteiger partial charge in [0.1, 0.15) is 0 Å². The molecule has 60 valence electrons. The summed E-state index contributed by atoms with van der Waals surface area (Å²) in [6, 6.07) is 0. The van der Waals surface area contributed by atoms with Crippen molar-refractivity contribution < 1.29 is 23.9 Å². The standard InChI is InChI=1S/C6H6O5/c7-4-5(8)10-2-1-3-11-6(4)9/h1-3H2. The van der Waals surface area contributed by atoms with Gasteiger partial charge in [-0.3, -0.25) is 4.79 Å². The molecule has 1 heterocycles. The first-order chi connectivity index (χ1) is 5.22. The van der Waals surface area contributed by atoms with Crippen LogP contribution in [0.25, 0.3) is 0 Å². The molecule has 5 nitrogen and oxygen atoms in total. The number of esters is 2. The molecule has 0 N–H and O–H groups in total. The van der Waals surface area contributed by atoms with Gasteiger partial charge in [-0.2, -0.15) is 0 Å². The van der Waals surface area contributed by atoms with Gasteiger partial charge in [0, 0.05) is 6.42 Å². The molecule has 0 radical (unpaired) electrons. The summed E-state index contributed by atoms with van der Waals surface area (Å²) in [5, 5.41) is 0. The quantitative estimate of drug-likeness (QED) is 0.335. The summed E-state index contributed by atoms with van der Waals surface area (Å²) in [6.45, 7) is 0.246. The lowest BCUT2D eigenvalue weighted by Gasteiger charge is -2.08. The molecule has 0 bridgehead atoms. The molecule has 0 spiro atoms. The third-order valence-corrected chi connectivity index (χ3v) is 1.13. The highest BCUT2D eigenvalue weighted by Crippen LogP contribution is 1.95. The van der Waals surface area contributed by atoms with E-state index in [0.29, 0.717) is 6.42 Å². The predicted molar refractivity (Wildman–Crippen MR) is 31.5 cm³/mol. The second-order valence-electron chi connectivity index (χ2n) is 1.95. The first-order valence-electron chi connectivity index (χ1n) is 3.10. The summed E-state index contributed by atoms with van der Waals surface area (Å²) in [4.78, 5) is 31.6. The van der Waals surface area contributed by atoms with Gasteiger partial charge in [-0.1, -0.05) is 0 Å². The van der Waals surface area contributed by atoms with E-state index in [1.165, 1.54) is 0 Å². The molecular weight excluding hydrogens is 152 g/mol. The van der Waals surface area contributed by atoms with E-state index >= 15 is 0 Å². The number of carbonyl (C=O) groups is 3. The average molecular weight is 158 g/mol. The van der Waals surface area contributed by atoms with Gasteiger partial charge in [0.05, 0.1) is 13.2 Å². The summed E-state index contributed by atoms with van der Waals surface area (Å²) >= 11 is 0. The first-order valence-corrected chi connectivity index (χ1v) is 3.10. The zero-order valence-corrected chi connectivity index (χ0v) is 5.66. The fourth-order valence-electron chi connectivity index (χ4n) is 0.603. The molecule has 0 amide bonds. The summed E-state index contributed by atoms with van der Waals surface area (Å²) in [6.07, 6.45) is 0.435. The van der Waals surface area contributed by atoms with Gasteiger partial charge in [-0.05, 0) is 0 Å². The number of carbonyl (C=O) groups excluding carboxylic acids is 3. The topological polar surface area (TPSA) is 69.7 Å². The van der Waals surface area contributed by atoms with Crippen molar-refractivity contribution in [2.24, 2.45) is 0 Å². The number of ketones is 1. The van der Waals surface area contributed by atoms with Gasteiger partial charge in [0.25, 0.3) is 0 Å². The maximum Gasteiger partial charge on any atom is 0.386 e. The van der Waals surface area contributed by atoms with Crippen LogP contribution in [0.4, 0.5) is 0 Å². The molecule has 0 saturated carbocycles. The van der Waals surface area contributed by atoms with Gasteiger partial charge >= 0.3 is 17.7 Å². The van der Waals surface area contributed by atoms with Crippen molar-refractivity contribution in [1.82, 2.24) is 0 Å². The fourth-order valence-corrected chi connectivity index (χ4v) is 0.603. The van der Waals surface area contributed by atoms with Gasteiger partial charge in [-0.25, -0.2) is 9.59 Å². The molecule has 1 fully saturated rings. The highest BCUT2D eigenvalue weighted by atomic mass is 16.6. The average Bonchev–Trinajstić information content (AvgIpc) is 2.00. The van der Waals surface area contributed by atoms with E-state index in [0.717, 1.165) is 0 Å². The highest BCUT2D eigenvalue weighted by Gasteiger charge is 2.27. The smallest absolute Gasteiger partial charge is 0.386 e. The molecule has 0 atom stereocenters. The molecule has 0 aromatic carbocycles. The van der Waals surface area contributed by atoms with Crippen LogP contribution in [0, 0.1) is 0 Å². The monoisotopic (exact) mass is 158 g/mol. The Labute approximate surface area is 62.3 Å². The second kappa shape index (κ2) is 3.14. The Hall–Kier alpha value is -1.39. The van der Waals surface area contributed by atoms with Gasteiger partial charge in [0.15, 0.2) is 0 Å². The molecule has 1 aliphatic rings. The third-order valence-electron chi connectivity index (χ3n) is 1.13. The van der Waals surface area contributed by atoms with Crippen molar-refractivity contribution in [2.45, 2.75) is 6.42 Å². The van der Waals surface area contributed by atoms with Crippen molar-refractivity contribution in [2.75, 3.05) is 13.2 Å². The lowest BCUT2D eigenvalue weighted by atomic mass is 10.4. The fraction of sp³-hybridized carbons (Fsp3) is 0.500. The predicted octanol–water partition coefficient (Wildman–Crippen LogP) is -0.954. The number of cyclic esters (lactones) is 2. The summed E-state index contributed by atoms with van der Waals surface area (Å²) in [5.41, 5.74) is 0. The highest BCUT2D eigenvalue weighted by molar-refractivity contribution is 6.60. The lowest BCUT2D eigenvalue weighted by Crippen LogP contribution is -2.31. The third kappa shape index (κ3) is 1.76. The van der Waals surface area contributed by atoms with Gasteiger partial charge in [0.2, 0.25) is 0 Å². The lowest BCUT2D eigenvalue weighted by molar-refractivity contribution is -0.167.